The van der Waals surface area contributed by atoms with Gasteiger partial charge in [-0.05, 0) is 33.2 Å². The second-order valence-corrected chi connectivity index (χ2v) is 4.17. The highest BCUT2D eigenvalue weighted by Crippen LogP contribution is 2.24. The summed E-state index contributed by atoms with van der Waals surface area (Å²) in [6.45, 7) is 3.93. The number of ether oxygens (including phenoxy) is 2. The molecule has 84 valence electrons. The Morgan fingerprint density at radius 2 is 2.36 bits per heavy atom. The molecule has 1 N–H and O–H groups in total. The van der Waals surface area contributed by atoms with Crippen LogP contribution in [0.4, 0.5) is 0 Å². The number of rotatable bonds is 6. The summed E-state index contributed by atoms with van der Waals surface area (Å²) in [6.07, 6.45) is 3.95. The van der Waals surface area contributed by atoms with Crippen LogP contribution in [-0.2, 0) is 9.47 Å². The van der Waals surface area contributed by atoms with Crippen molar-refractivity contribution in [2.75, 3.05) is 27.4 Å². The monoisotopic (exact) mass is 201 g/mol. The van der Waals surface area contributed by atoms with Crippen LogP contribution in [0.15, 0.2) is 0 Å². The van der Waals surface area contributed by atoms with E-state index >= 15 is 0 Å². The third-order valence-electron chi connectivity index (χ3n) is 3.03. The molecule has 0 spiro atoms. The van der Waals surface area contributed by atoms with Crippen molar-refractivity contribution < 1.29 is 9.47 Å². The minimum Gasteiger partial charge on any atom is -0.385 e. The van der Waals surface area contributed by atoms with Crippen LogP contribution in [-0.4, -0.2) is 39.5 Å². The third-order valence-corrected chi connectivity index (χ3v) is 3.03. The van der Waals surface area contributed by atoms with E-state index in [1.54, 1.807) is 7.11 Å². The molecule has 0 radical (unpaired) electrons. The Morgan fingerprint density at radius 1 is 1.57 bits per heavy atom. The van der Waals surface area contributed by atoms with Crippen LogP contribution >= 0.6 is 0 Å². The van der Waals surface area contributed by atoms with Gasteiger partial charge in [-0.15, -0.1) is 0 Å². The lowest BCUT2D eigenvalue weighted by atomic mass is 9.93. The van der Waals surface area contributed by atoms with Crippen molar-refractivity contribution in [2.24, 2.45) is 5.92 Å². The van der Waals surface area contributed by atoms with Gasteiger partial charge in [-0.25, -0.2) is 0 Å². The molecule has 0 aromatic heterocycles. The topological polar surface area (TPSA) is 30.5 Å². The van der Waals surface area contributed by atoms with Gasteiger partial charge in [0.15, 0.2) is 0 Å². The number of hydrogen-bond acceptors (Lipinski definition) is 3. The SMILES string of the molecule is CNC(CCCOC)C1COC(C)C1. The zero-order valence-corrected chi connectivity index (χ0v) is 9.58. The average molecular weight is 201 g/mol. The van der Waals surface area contributed by atoms with Crippen LogP contribution < -0.4 is 5.32 Å². The van der Waals surface area contributed by atoms with Gasteiger partial charge in [0, 0.05) is 25.7 Å². The molecule has 0 amide bonds. The van der Waals surface area contributed by atoms with Crippen LogP contribution in [0.2, 0.25) is 0 Å². The van der Waals surface area contributed by atoms with Gasteiger partial charge in [0.2, 0.25) is 0 Å². The predicted molar refractivity (Wildman–Crippen MR) is 57.5 cm³/mol. The van der Waals surface area contributed by atoms with Crippen molar-refractivity contribution in [1.29, 1.82) is 0 Å². The zero-order valence-electron chi connectivity index (χ0n) is 9.58. The standard InChI is InChI=1S/C11H23NO2/c1-9-7-10(8-14-9)11(12-2)5-4-6-13-3/h9-12H,4-8H2,1-3H3. The second-order valence-electron chi connectivity index (χ2n) is 4.17. The van der Waals surface area contributed by atoms with E-state index in [1.165, 1.54) is 12.8 Å². The first-order chi connectivity index (χ1) is 6.77. The molecule has 1 heterocycles. The maximum atomic E-state index is 5.58. The predicted octanol–water partition coefficient (Wildman–Crippen LogP) is 1.43. The van der Waals surface area contributed by atoms with Gasteiger partial charge in [0.25, 0.3) is 0 Å². The molecule has 0 bridgehead atoms. The summed E-state index contributed by atoms with van der Waals surface area (Å²) in [6, 6.07) is 0.593. The van der Waals surface area contributed by atoms with Crippen molar-refractivity contribution >= 4 is 0 Å². The highest BCUT2D eigenvalue weighted by molar-refractivity contribution is 4.81. The lowest BCUT2D eigenvalue weighted by Gasteiger charge is -2.21. The van der Waals surface area contributed by atoms with Crippen molar-refractivity contribution in [3.05, 3.63) is 0 Å². The van der Waals surface area contributed by atoms with Crippen molar-refractivity contribution in [3.63, 3.8) is 0 Å². The molecule has 1 aliphatic rings. The van der Waals surface area contributed by atoms with E-state index in [0.717, 1.165) is 19.6 Å². The van der Waals surface area contributed by atoms with Crippen LogP contribution in [0.25, 0.3) is 0 Å². The zero-order chi connectivity index (χ0) is 10.4. The van der Waals surface area contributed by atoms with Crippen LogP contribution in [0, 0.1) is 5.92 Å². The van der Waals surface area contributed by atoms with Crippen LogP contribution in [0.5, 0.6) is 0 Å². The Morgan fingerprint density at radius 3 is 2.86 bits per heavy atom. The number of methoxy groups -OCH3 is 1. The smallest absolute Gasteiger partial charge is 0.0551 e. The third kappa shape index (κ3) is 3.56. The van der Waals surface area contributed by atoms with Crippen molar-refractivity contribution in [2.45, 2.75) is 38.3 Å². The molecular formula is C11H23NO2. The van der Waals surface area contributed by atoms with Gasteiger partial charge in [0.05, 0.1) is 12.7 Å². The van der Waals surface area contributed by atoms with E-state index in [9.17, 15) is 0 Å². The highest BCUT2D eigenvalue weighted by Gasteiger charge is 2.28. The molecule has 0 aromatic rings. The van der Waals surface area contributed by atoms with E-state index in [2.05, 4.69) is 12.2 Å². The van der Waals surface area contributed by atoms with Crippen molar-refractivity contribution in [1.82, 2.24) is 5.32 Å². The Labute approximate surface area is 87.2 Å². The summed E-state index contributed by atoms with van der Waals surface area (Å²) in [5, 5.41) is 3.39. The molecular weight excluding hydrogens is 178 g/mol. The van der Waals surface area contributed by atoms with Gasteiger partial charge in [-0.3, -0.25) is 0 Å². The van der Waals surface area contributed by atoms with E-state index < -0.39 is 0 Å². The molecule has 14 heavy (non-hydrogen) atoms. The van der Waals surface area contributed by atoms with Crippen LogP contribution in [0.3, 0.4) is 0 Å². The minimum absolute atomic E-state index is 0.443. The quantitative estimate of drug-likeness (QED) is 0.659. The summed E-state index contributed by atoms with van der Waals surface area (Å²) in [4.78, 5) is 0. The summed E-state index contributed by atoms with van der Waals surface area (Å²) in [5.74, 6) is 0.687. The average Bonchev–Trinajstić information content (AvgIpc) is 2.60. The van der Waals surface area contributed by atoms with Gasteiger partial charge in [0.1, 0.15) is 0 Å². The molecule has 0 saturated carbocycles. The lowest BCUT2D eigenvalue weighted by molar-refractivity contribution is 0.116. The molecule has 0 aromatic carbocycles. The fourth-order valence-corrected chi connectivity index (χ4v) is 2.19. The molecule has 3 atom stereocenters. The summed E-state index contributed by atoms with van der Waals surface area (Å²) in [7, 11) is 3.80. The molecule has 3 heteroatoms. The number of nitrogens with one attached hydrogen (secondary N) is 1. The van der Waals surface area contributed by atoms with E-state index in [-0.39, 0.29) is 0 Å². The maximum Gasteiger partial charge on any atom is 0.0551 e. The molecule has 3 nitrogen and oxygen atoms in total. The molecule has 1 aliphatic heterocycles. The first-order valence-corrected chi connectivity index (χ1v) is 5.55. The summed E-state index contributed by atoms with van der Waals surface area (Å²) >= 11 is 0. The normalized spacial score (nSPS) is 29.4. The largest absolute Gasteiger partial charge is 0.385 e. The lowest BCUT2D eigenvalue weighted by Crippen LogP contribution is -2.34. The summed E-state index contributed by atoms with van der Waals surface area (Å²) < 4.78 is 10.6. The van der Waals surface area contributed by atoms with Gasteiger partial charge >= 0.3 is 0 Å². The Kier molecular flexibility index (Phi) is 5.45. The van der Waals surface area contributed by atoms with E-state index in [1.807, 2.05) is 7.05 Å². The molecule has 1 saturated heterocycles. The summed E-state index contributed by atoms with van der Waals surface area (Å²) in [5.41, 5.74) is 0. The maximum absolute atomic E-state index is 5.58. The fourth-order valence-electron chi connectivity index (χ4n) is 2.19. The Balaban J connectivity index is 2.23. The van der Waals surface area contributed by atoms with Crippen molar-refractivity contribution in [3.8, 4) is 0 Å². The highest BCUT2D eigenvalue weighted by atomic mass is 16.5. The van der Waals surface area contributed by atoms with E-state index in [4.69, 9.17) is 9.47 Å². The first-order valence-electron chi connectivity index (χ1n) is 5.55. The van der Waals surface area contributed by atoms with Gasteiger partial charge in [-0.1, -0.05) is 0 Å². The first kappa shape index (κ1) is 12.0. The van der Waals surface area contributed by atoms with E-state index in [0.29, 0.717) is 18.1 Å². The van der Waals surface area contributed by atoms with Gasteiger partial charge < -0.3 is 14.8 Å². The molecule has 0 aliphatic carbocycles. The second kappa shape index (κ2) is 6.38. The molecule has 1 rings (SSSR count). The fraction of sp³-hybridized carbons (Fsp3) is 1.00. The Hall–Kier alpha value is -0.120. The minimum atomic E-state index is 0.443. The van der Waals surface area contributed by atoms with Crippen LogP contribution in [0.1, 0.15) is 26.2 Å². The van der Waals surface area contributed by atoms with Gasteiger partial charge in [-0.2, -0.15) is 0 Å². The molecule has 3 unspecified atom stereocenters. The number of hydrogen-bond donors (Lipinski definition) is 1. The Bertz CT molecular complexity index is 152. The molecule has 1 fully saturated rings.